The van der Waals surface area contributed by atoms with E-state index in [1.807, 2.05) is 0 Å². The number of morpholine rings is 1. The molecule has 0 unspecified atom stereocenters. The van der Waals surface area contributed by atoms with Crippen molar-refractivity contribution < 1.29 is 32.6 Å². The third kappa shape index (κ3) is 6.60. The molecule has 2 fully saturated rings. The summed E-state index contributed by atoms with van der Waals surface area (Å²) in [6, 6.07) is 11.1. The molecule has 3 aliphatic rings. The molecule has 0 atom stereocenters. The first-order valence-corrected chi connectivity index (χ1v) is 14.1. The number of pyridine rings is 1. The van der Waals surface area contributed by atoms with Crippen LogP contribution >= 0.6 is 0 Å². The van der Waals surface area contributed by atoms with E-state index in [-0.39, 0.29) is 11.4 Å². The minimum absolute atomic E-state index is 0.0295. The lowest BCUT2D eigenvalue weighted by Crippen LogP contribution is -2.38. The first kappa shape index (κ1) is 28.6. The van der Waals surface area contributed by atoms with Gasteiger partial charge in [-0.25, -0.2) is 13.8 Å². The van der Waals surface area contributed by atoms with Gasteiger partial charge in [0, 0.05) is 55.9 Å². The molecule has 1 saturated heterocycles. The second-order valence-electron chi connectivity index (χ2n) is 10.6. The number of rotatable bonds is 10. The van der Waals surface area contributed by atoms with E-state index in [0.717, 1.165) is 44.6 Å². The Bertz CT molecular complexity index is 1540. The first-order valence-electron chi connectivity index (χ1n) is 14.1. The maximum absolute atomic E-state index is 15.1. The van der Waals surface area contributed by atoms with E-state index < -0.39 is 28.9 Å². The van der Waals surface area contributed by atoms with Gasteiger partial charge < -0.3 is 30.2 Å². The van der Waals surface area contributed by atoms with Crippen LogP contribution in [-0.2, 0) is 14.3 Å². The Morgan fingerprint density at radius 2 is 1.72 bits per heavy atom. The van der Waals surface area contributed by atoms with Crippen LogP contribution in [0.15, 0.2) is 60.8 Å². The topological polar surface area (TPSA) is 114 Å². The smallest absolute Gasteiger partial charge is 0.240 e. The average Bonchev–Trinajstić information content (AvgIpc) is 3.83. The van der Waals surface area contributed by atoms with Gasteiger partial charge in [-0.05, 0) is 55.3 Å². The SMILES string of the molecule is O=C(Nc1ccc(F)cc1)C1(C(=O)Nc2ccc(OC3=CCNc4cc(OCCN5CCOCC5)ncc43)c(F)c2)CC1. The molecule has 3 heterocycles. The van der Waals surface area contributed by atoms with Gasteiger partial charge in [0.15, 0.2) is 11.6 Å². The molecule has 0 radical (unpaired) electrons. The molecule has 3 N–H and O–H groups in total. The van der Waals surface area contributed by atoms with E-state index in [0.29, 0.717) is 48.9 Å². The minimum atomic E-state index is -1.26. The van der Waals surface area contributed by atoms with Crippen LogP contribution in [0.4, 0.5) is 25.8 Å². The van der Waals surface area contributed by atoms with Crippen molar-refractivity contribution in [2.24, 2.45) is 5.41 Å². The van der Waals surface area contributed by atoms with Gasteiger partial charge >= 0.3 is 0 Å². The van der Waals surface area contributed by atoms with Crippen molar-refractivity contribution in [3.8, 4) is 11.6 Å². The number of hydrogen-bond acceptors (Lipinski definition) is 8. The van der Waals surface area contributed by atoms with Crippen LogP contribution in [0, 0.1) is 17.0 Å². The number of benzene rings is 2. The van der Waals surface area contributed by atoms with Crippen LogP contribution in [0.1, 0.15) is 18.4 Å². The highest BCUT2D eigenvalue weighted by Crippen LogP contribution is 2.47. The standard InChI is InChI=1S/C31H31F2N5O5/c32-20-1-3-21(4-2-20)36-29(39)31(8-9-31)30(40)37-22-5-6-27(24(33)17-22)43-26-7-10-34-25-18-28(35-19-23(25)26)42-16-13-38-11-14-41-15-12-38/h1-7,17-19,34H,8-16H2,(H,36,39)(H,37,40). The van der Waals surface area contributed by atoms with E-state index in [1.54, 1.807) is 18.3 Å². The van der Waals surface area contributed by atoms with Gasteiger partial charge in [-0.1, -0.05) is 0 Å². The molecule has 3 aromatic rings. The largest absolute Gasteiger partial charge is 0.476 e. The zero-order chi connectivity index (χ0) is 29.8. The molecule has 0 spiro atoms. The number of halogens is 2. The van der Waals surface area contributed by atoms with Crippen molar-refractivity contribution in [1.82, 2.24) is 9.88 Å². The van der Waals surface area contributed by atoms with E-state index in [2.05, 4.69) is 25.8 Å². The summed E-state index contributed by atoms with van der Waals surface area (Å²) in [4.78, 5) is 32.5. The number of carbonyl (C=O) groups excluding carboxylic acids is 2. The molecule has 1 aromatic heterocycles. The number of fused-ring (bicyclic) bond motifs is 1. The second-order valence-corrected chi connectivity index (χ2v) is 10.6. The number of nitrogens with one attached hydrogen (secondary N) is 3. The molecule has 12 heteroatoms. The van der Waals surface area contributed by atoms with Gasteiger partial charge in [-0.3, -0.25) is 14.5 Å². The molecule has 0 bridgehead atoms. The fourth-order valence-corrected chi connectivity index (χ4v) is 4.92. The summed E-state index contributed by atoms with van der Waals surface area (Å²) in [6.45, 7) is 4.98. The first-order chi connectivity index (χ1) is 20.9. The van der Waals surface area contributed by atoms with Crippen LogP contribution in [0.2, 0.25) is 0 Å². The summed E-state index contributed by atoms with van der Waals surface area (Å²) in [6.07, 6.45) is 4.11. The molecule has 10 nitrogen and oxygen atoms in total. The second kappa shape index (κ2) is 12.4. The number of anilines is 3. The number of carbonyl (C=O) groups is 2. The fourth-order valence-electron chi connectivity index (χ4n) is 4.92. The fraction of sp³-hybridized carbons (Fsp3) is 0.323. The van der Waals surface area contributed by atoms with Crippen LogP contribution in [0.5, 0.6) is 11.6 Å². The highest BCUT2D eigenvalue weighted by Gasteiger charge is 2.56. The van der Waals surface area contributed by atoms with Gasteiger partial charge in [0.1, 0.15) is 23.6 Å². The van der Waals surface area contributed by atoms with Crippen LogP contribution < -0.4 is 25.4 Å². The molecule has 1 aliphatic carbocycles. The third-order valence-corrected chi connectivity index (χ3v) is 7.62. The molecule has 43 heavy (non-hydrogen) atoms. The van der Waals surface area contributed by atoms with Crippen molar-refractivity contribution in [2.75, 3.05) is 62.0 Å². The zero-order valence-electron chi connectivity index (χ0n) is 23.3. The molecule has 1 saturated carbocycles. The van der Waals surface area contributed by atoms with Gasteiger partial charge in [0.05, 0.1) is 24.5 Å². The summed E-state index contributed by atoms with van der Waals surface area (Å²) in [7, 11) is 0. The lowest BCUT2D eigenvalue weighted by Gasteiger charge is -2.26. The predicted octanol–water partition coefficient (Wildman–Crippen LogP) is 4.27. The Kier molecular flexibility index (Phi) is 8.21. The van der Waals surface area contributed by atoms with Crippen molar-refractivity contribution in [2.45, 2.75) is 12.8 Å². The van der Waals surface area contributed by atoms with Crippen LogP contribution in [-0.4, -0.2) is 67.7 Å². The molecule has 2 aliphatic heterocycles. The zero-order valence-corrected chi connectivity index (χ0v) is 23.3. The summed E-state index contributed by atoms with van der Waals surface area (Å²) in [5.74, 6) is -1.26. The van der Waals surface area contributed by atoms with E-state index >= 15 is 4.39 Å². The lowest BCUT2D eigenvalue weighted by atomic mass is 10.0. The van der Waals surface area contributed by atoms with E-state index in [9.17, 15) is 14.0 Å². The molecule has 2 aromatic carbocycles. The molecule has 6 rings (SSSR count). The maximum Gasteiger partial charge on any atom is 0.240 e. The maximum atomic E-state index is 15.1. The number of nitrogens with zero attached hydrogens (tertiary/aromatic N) is 2. The van der Waals surface area contributed by atoms with E-state index in [4.69, 9.17) is 14.2 Å². The summed E-state index contributed by atoms with van der Waals surface area (Å²) >= 11 is 0. The Labute approximate surface area is 247 Å². The lowest BCUT2D eigenvalue weighted by molar-refractivity contribution is -0.131. The van der Waals surface area contributed by atoms with Crippen LogP contribution in [0.25, 0.3) is 5.76 Å². The minimum Gasteiger partial charge on any atom is -0.476 e. The number of amides is 2. The Balaban J connectivity index is 1.05. The van der Waals surface area contributed by atoms with Crippen LogP contribution in [0.3, 0.4) is 0 Å². The number of ether oxygens (including phenoxy) is 3. The summed E-state index contributed by atoms with van der Waals surface area (Å²) in [5.41, 5.74) is 0.727. The van der Waals surface area contributed by atoms with Gasteiger partial charge in [0.2, 0.25) is 17.7 Å². The van der Waals surface area contributed by atoms with Gasteiger partial charge in [-0.15, -0.1) is 0 Å². The Morgan fingerprint density at radius 1 is 1.00 bits per heavy atom. The number of aromatic nitrogens is 1. The van der Waals surface area contributed by atoms with Crippen molar-refractivity contribution >= 4 is 34.6 Å². The predicted molar refractivity (Wildman–Crippen MR) is 156 cm³/mol. The molecular formula is C31H31F2N5O5. The molecular weight excluding hydrogens is 560 g/mol. The van der Waals surface area contributed by atoms with Gasteiger partial charge in [0.25, 0.3) is 0 Å². The average molecular weight is 592 g/mol. The van der Waals surface area contributed by atoms with Gasteiger partial charge in [-0.2, -0.15) is 0 Å². The van der Waals surface area contributed by atoms with Crippen molar-refractivity contribution in [3.63, 3.8) is 0 Å². The molecule has 224 valence electrons. The summed E-state index contributed by atoms with van der Waals surface area (Å²) < 4.78 is 45.4. The Hall–Kier alpha value is -4.55. The normalized spacial score (nSPS) is 17.1. The van der Waals surface area contributed by atoms with Crippen molar-refractivity contribution in [1.29, 1.82) is 0 Å². The van der Waals surface area contributed by atoms with E-state index in [1.165, 1.54) is 36.4 Å². The highest BCUT2D eigenvalue weighted by atomic mass is 19.1. The third-order valence-electron chi connectivity index (χ3n) is 7.62. The highest BCUT2D eigenvalue weighted by molar-refractivity contribution is 6.16. The number of hydrogen-bond donors (Lipinski definition) is 3. The quantitative estimate of drug-likeness (QED) is 0.300. The van der Waals surface area contributed by atoms with Crippen molar-refractivity contribution in [3.05, 3.63) is 78.0 Å². The monoisotopic (exact) mass is 591 g/mol. The summed E-state index contributed by atoms with van der Waals surface area (Å²) in [5, 5.41) is 8.54. The Morgan fingerprint density at radius 3 is 2.44 bits per heavy atom. The molecule has 2 amide bonds.